The lowest BCUT2D eigenvalue weighted by Crippen LogP contribution is -2.04. The SMILES string of the molecule is CCSCCNc1cc(Cl)c(Cl)cc1Cl. The maximum absolute atomic E-state index is 6.00. The largest absolute Gasteiger partial charge is 0.383 e. The lowest BCUT2D eigenvalue weighted by atomic mass is 10.3. The molecule has 0 unspecified atom stereocenters. The number of rotatable bonds is 5. The predicted octanol–water partition coefficient (Wildman–Crippen LogP) is 4.81. The smallest absolute Gasteiger partial charge is 0.0653 e. The van der Waals surface area contributed by atoms with Gasteiger partial charge in [-0.1, -0.05) is 41.7 Å². The van der Waals surface area contributed by atoms with Gasteiger partial charge in [0.2, 0.25) is 0 Å². The third-order valence-electron chi connectivity index (χ3n) is 1.78. The molecule has 0 amide bonds. The third-order valence-corrected chi connectivity index (χ3v) is 3.71. The van der Waals surface area contributed by atoms with Crippen molar-refractivity contribution in [2.75, 3.05) is 23.4 Å². The quantitative estimate of drug-likeness (QED) is 0.615. The predicted molar refractivity (Wildman–Crippen MR) is 73.0 cm³/mol. The first kappa shape index (κ1) is 13.3. The summed E-state index contributed by atoms with van der Waals surface area (Å²) in [6.45, 7) is 3.01. The Kier molecular flexibility index (Phi) is 5.98. The fraction of sp³-hybridized carbons (Fsp3) is 0.400. The van der Waals surface area contributed by atoms with E-state index >= 15 is 0 Å². The summed E-state index contributed by atoms with van der Waals surface area (Å²) >= 11 is 19.6. The minimum absolute atomic E-state index is 0.482. The molecule has 1 rings (SSSR count). The van der Waals surface area contributed by atoms with Crippen molar-refractivity contribution < 1.29 is 0 Å². The molecule has 1 aromatic rings. The lowest BCUT2D eigenvalue weighted by molar-refractivity contribution is 1.23. The van der Waals surface area contributed by atoms with E-state index in [-0.39, 0.29) is 0 Å². The number of nitrogens with one attached hydrogen (secondary N) is 1. The van der Waals surface area contributed by atoms with Gasteiger partial charge in [0, 0.05) is 12.3 Å². The van der Waals surface area contributed by atoms with Crippen molar-refractivity contribution in [2.45, 2.75) is 6.92 Å². The van der Waals surface area contributed by atoms with Gasteiger partial charge in [-0.05, 0) is 17.9 Å². The monoisotopic (exact) mass is 283 g/mol. The molecular formula is C10H12Cl3NS. The summed E-state index contributed by atoms with van der Waals surface area (Å²) in [6, 6.07) is 3.41. The Morgan fingerprint density at radius 1 is 1.13 bits per heavy atom. The molecule has 5 heteroatoms. The van der Waals surface area contributed by atoms with Gasteiger partial charge >= 0.3 is 0 Å². The average molecular weight is 285 g/mol. The molecule has 1 aromatic carbocycles. The molecule has 84 valence electrons. The van der Waals surface area contributed by atoms with E-state index in [4.69, 9.17) is 34.8 Å². The number of anilines is 1. The van der Waals surface area contributed by atoms with Gasteiger partial charge < -0.3 is 5.32 Å². The van der Waals surface area contributed by atoms with E-state index < -0.39 is 0 Å². The van der Waals surface area contributed by atoms with Crippen LogP contribution < -0.4 is 5.32 Å². The zero-order chi connectivity index (χ0) is 11.3. The van der Waals surface area contributed by atoms with Crippen molar-refractivity contribution in [3.05, 3.63) is 27.2 Å². The molecule has 0 aliphatic heterocycles. The van der Waals surface area contributed by atoms with E-state index in [1.807, 2.05) is 11.8 Å². The van der Waals surface area contributed by atoms with E-state index in [2.05, 4.69) is 12.2 Å². The van der Waals surface area contributed by atoms with Gasteiger partial charge in [0.1, 0.15) is 0 Å². The number of hydrogen-bond acceptors (Lipinski definition) is 2. The summed E-state index contributed by atoms with van der Waals surface area (Å²) in [4.78, 5) is 0. The van der Waals surface area contributed by atoms with Crippen LogP contribution in [0.25, 0.3) is 0 Å². The molecule has 0 aromatic heterocycles. The minimum atomic E-state index is 0.482. The van der Waals surface area contributed by atoms with Crippen LogP contribution in [-0.2, 0) is 0 Å². The molecule has 1 N–H and O–H groups in total. The summed E-state index contributed by atoms with van der Waals surface area (Å²) < 4.78 is 0. The van der Waals surface area contributed by atoms with Crippen LogP contribution in [0.15, 0.2) is 12.1 Å². The lowest BCUT2D eigenvalue weighted by Gasteiger charge is -2.09. The number of halogens is 3. The first-order valence-corrected chi connectivity index (χ1v) is 6.90. The molecular weight excluding hydrogens is 273 g/mol. The Morgan fingerprint density at radius 3 is 2.47 bits per heavy atom. The van der Waals surface area contributed by atoms with Crippen LogP contribution in [0.5, 0.6) is 0 Å². The molecule has 0 atom stereocenters. The van der Waals surface area contributed by atoms with Gasteiger partial charge in [-0.25, -0.2) is 0 Å². The molecule has 0 saturated heterocycles. The van der Waals surface area contributed by atoms with Crippen molar-refractivity contribution in [2.24, 2.45) is 0 Å². The Hall–Kier alpha value is 0.240. The van der Waals surface area contributed by atoms with E-state index in [0.717, 1.165) is 23.7 Å². The minimum Gasteiger partial charge on any atom is -0.383 e. The molecule has 0 saturated carbocycles. The van der Waals surface area contributed by atoms with Crippen molar-refractivity contribution in [3.63, 3.8) is 0 Å². The van der Waals surface area contributed by atoms with E-state index in [9.17, 15) is 0 Å². The highest BCUT2D eigenvalue weighted by atomic mass is 35.5. The number of benzene rings is 1. The molecule has 0 spiro atoms. The van der Waals surface area contributed by atoms with Crippen molar-refractivity contribution in [1.29, 1.82) is 0 Å². The van der Waals surface area contributed by atoms with Crippen molar-refractivity contribution >= 4 is 52.3 Å². The molecule has 0 bridgehead atoms. The van der Waals surface area contributed by atoms with Gasteiger partial charge in [0.15, 0.2) is 0 Å². The highest BCUT2D eigenvalue weighted by Crippen LogP contribution is 2.32. The maximum Gasteiger partial charge on any atom is 0.0653 e. The number of thioether (sulfide) groups is 1. The van der Waals surface area contributed by atoms with E-state index in [1.165, 1.54) is 0 Å². The molecule has 0 aliphatic rings. The Bertz CT molecular complexity index is 331. The zero-order valence-electron chi connectivity index (χ0n) is 8.32. The van der Waals surface area contributed by atoms with Gasteiger partial charge in [-0.2, -0.15) is 11.8 Å². The highest BCUT2D eigenvalue weighted by Gasteiger charge is 2.04. The highest BCUT2D eigenvalue weighted by molar-refractivity contribution is 7.99. The molecule has 0 aliphatic carbocycles. The first-order chi connectivity index (χ1) is 7.15. The molecule has 0 fully saturated rings. The second-order valence-corrected chi connectivity index (χ2v) is 5.49. The normalized spacial score (nSPS) is 10.4. The van der Waals surface area contributed by atoms with Crippen LogP contribution in [0.3, 0.4) is 0 Å². The third kappa shape index (κ3) is 4.31. The summed E-state index contributed by atoms with van der Waals surface area (Å²) in [7, 11) is 0. The van der Waals surface area contributed by atoms with Gasteiger partial charge in [0.05, 0.1) is 20.8 Å². The first-order valence-electron chi connectivity index (χ1n) is 4.61. The van der Waals surface area contributed by atoms with Crippen LogP contribution in [0.4, 0.5) is 5.69 Å². The fourth-order valence-electron chi connectivity index (χ4n) is 1.06. The van der Waals surface area contributed by atoms with Crippen molar-refractivity contribution in [3.8, 4) is 0 Å². The Labute approximate surface area is 109 Å². The summed E-state index contributed by atoms with van der Waals surface area (Å²) in [5.41, 5.74) is 0.836. The maximum atomic E-state index is 6.00. The fourth-order valence-corrected chi connectivity index (χ4v) is 2.21. The zero-order valence-corrected chi connectivity index (χ0v) is 11.4. The average Bonchev–Trinajstić information content (AvgIpc) is 2.20. The second kappa shape index (κ2) is 6.74. The Morgan fingerprint density at radius 2 is 1.80 bits per heavy atom. The topological polar surface area (TPSA) is 12.0 Å². The van der Waals surface area contributed by atoms with Gasteiger partial charge in [-0.15, -0.1) is 0 Å². The molecule has 0 heterocycles. The van der Waals surface area contributed by atoms with E-state index in [1.54, 1.807) is 12.1 Å². The number of hydrogen-bond donors (Lipinski definition) is 1. The second-order valence-electron chi connectivity index (χ2n) is 2.87. The Balaban J connectivity index is 2.57. The van der Waals surface area contributed by atoms with Crippen LogP contribution in [-0.4, -0.2) is 18.1 Å². The standard InChI is InChI=1S/C10H12Cl3NS/c1-2-15-4-3-14-10-6-8(12)7(11)5-9(10)13/h5-6,14H,2-4H2,1H3. The van der Waals surface area contributed by atoms with Crippen LogP contribution >= 0.6 is 46.6 Å². The molecule has 15 heavy (non-hydrogen) atoms. The summed E-state index contributed by atoms with van der Waals surface area (Å²) in [6.07, 6.45) is 0. The molecule has 0 radical (unpaired) electrons. The summed E-state index contributed by atoms with van der Waals surface area (Å²) in [5, 5.41) is 4.82. The van der Waals surface area contributed by atoms with Gasteiger partial charge in [-0.3, -0.25) is 0 Å². The van der Waals surface area contributed by atoms with Crippen LogP contribution in [0.2, 0.25) is 15.1 Å². The van der Waals surface area contributed by atoms with Crippen LogP contribution in [0, 0.1) is 0 Å². The molecule has 1 nitrogen and oxygen atoms in total. The van der Waals surface area contributed by atoms with Gasteiger partial charge in [0.25, 0.3) is 0 Å². The van der Waals surface area contributed by atoms with Crippen molar-refractivity contribution in [1.82, 2.24) is 0 Å². The van der Waals surface area contributed by atoms with E-state index in [0.29, 0.717) is 15.1 Å². The summed E-state index contributed by atoms with van der Waals surface area (Å²) in [5.74, 6) is 2.17. The van der Waals surface area contributed by atoms with Crippen LogP contribution in [0.1, 0.15) is 6.92 Å².